The second-order valence-electron chi connectivity index (χ2n) is 5.65. The Labute approximate surface area is 154 Å². The van der Waals surface area contributed by atoms with Gasteiger partial charge in [-0.1, -0.05) is 41.9 Å². The quantitative estimate of drug-likeness (QED) is 0.746. The van der Waals surface area contributed by atoms with Crippen LogP contribution in [0.4, 0.5) is 11.4 Å². The molecule has 0 unspecified atom stereocenters. The second kappa shape index (κ2) is 7.88. The van der Waals surface area contributed by atoms with Crippen LogP contribution in [-0.4, -0.2) is 30.9 Å². The van der Waals surface area contributed by atoms with E-state index >= 15 is 0 Å². The van der Waals surface area contributed by atoms with Crippen LogP contribution in [0.15, 0.2) is 42.5 Å². The van der Waals surface area contributed by atoms with Crippen molar-refractivity contribution in [3.8, 4) is 5.75 Å². The summed E-state index contributed by atoms with van der Waals surface area (Å²) in [4.78, 5) is 35.2. The monoisotopic (exact) mass is 373 g/mol. The molecular weight excluding hydrogens is 358 g/mol. The summed E-state index contributed by atoms with van der Waals surface area (Å²) in [6.07, 6.45) is 0.196. The van der Waals surface area contributed by atoms with E-state index in [1.807, 2.05) is 30.3 Å². The lowest BCUT2D eigenvalue weighted by Gasteiger charge is -2.19. The highest BCUT2D eigenvalue weighted by atomic mass is 35.5. The van der Waals surface area contributed by atoms with E-state index in [0.717, 1.165) is 5.56 Å². The van der Waals surface area contributed by atoms with Gasteiger partial charge in [-0.3, -0.25) is 14.4 Å². The van der Waals surface area contributed by atoms with Crippen molar-refractivity contribution in [3.05, 3.63) is 53.1 Å². The van der Waals surface area contributed by atoms with Crippen LogP contribution >= 0.6 is 11.6 Å². The van der Waals surface area contributed by atoms with Gasteiger partial charge >= 0.3 is 0 Å². The summed E-state index contributed by atoms with van der Waals surface area (Å²) in [7, 11) is 0. The molecule has 1 aliphatic rings. The number of rotatable bonds is 5. The zero-order valence-electron chi connectivity index (χ0n) is 13.7. The molecule has 0 fully saturated rings. The molecule has 2 aromatic carbocycles. The molecule has 3 rings (SSSR count). The molecule has 3 amide bonds. The number of fused-ring (bicyclic) bond motifs is 1. The molecule has 0 saturated carbocycles. The molecule has 26 heavy (non-hydrogen) atoms. The van der Waals surface area contributed by atoms with E-state index in [0.29, 0.717) is 17.1 Å². The van der Waals surface area contributed by atoms with Crippen molar-refractivity contribution in [3.63, 3.8) is 0 Å². The summed E-state index contributed by atoms with van der Waals surface area (Å²) in [6, 6.07) is 12.3. The predicted octanol–water partition coefficient (Wildman–Crippen LogP) is 1.97. The number of nitrogens with one attached hydrogen (secondary N) is 3. The number of hydrogen-bond acceptors (Lipinski definition) is 4. The Kier molecular flexibility index (Phi) is 5.38. The van der Waals surface area contributed by atoms with E-state index in [-0.39, 0.29) is 36.4 Å². The first-order valence-corrected chi connectivity index (χ1v) is 8.26. The fourth-order valence-electron chi connectivity index (χ4n) is 2.41. The lowest BCUT2D eigenvalue weighted by atomic mass is 10.1. The standard InChI is InChI=1S/C18H16ClN3O4/c19-12-7-14-15(26-10-18(25)22-14)8-13(12)21-17(24)9-20-16(23)6-11-4-2-1-3-5-11/h1-5,7-8H,6,9-10H2,(H,20,23)(H,21,24)(H,22,25). The van der Waals surface area contributed by atoms with Crippen molar-refractivity contribution >= 4 is 40.7 Å². The second-order valence-corrected chi connectivity index (χ2v) is 6.06. The third-order valence-corrected chi connectivity index (χ3v) is 3.94. The van der Waals surface area contributed by atoms with Crippen LogP contribution in [0, 0.1) is 0 Å². The van der Waals surface area contributed by atoms with Gasteiger partial charge in [0.25, 0.3) is 5.91 Å². The van der Waals surface area contributed by atoms with Crippen molar-refractivity contribution in [2.24, 2.45) is 0 Å². The zero-order valence-corrected chi connectivity index (χ0v) is 14.4. The lowest BCUT2D eigenvalue weighted by molar-refractivity contribution is -0.123. The highest BCUT2D eigenvalue weighted by Crippen LogP contribution is 2.36. The smallest absolute Gasteiger partial charge is 0.262 e. The molecule has 8 heteroatoms. The van der Waals surface area contributed by atoms with Gasteiger partial charge in [0.05, 0.1) is 29.4 Å². The van der Waals surface area contributed by atoms with Crippen molar-refractivity contribution < 1.29 is 19.1 Å². The van der Waals surface area contributed by atoms with Crippen molar-refractivity contribution in [2.75, 3.05) is 23.8 Å². The largest absolute Gasteiger partial charge is 0.482 e. The SMILES string of the molecule is O=C(Cc1ccccc1)NCC(=O)Nc1cc2c(cc1Cl)NC(=O)CO2. The van der Waals surface area contributed by atoms with E-state index in [1.54, 1.807) is 0 Å². The highest BCUT2D eigenvalue weighted by molar-refractivity contribution is 6.34. The van der Waals surface area contributed by atoms with Crippen LogP contribution in [0.2, 0.25) is 5.02 Å². The first kappa shape index (κ1) is 17.8. The number of carbonyl (C=O) groups is 3. The van der Waals surface area contributed by atoms with Gasteiger partial charge in [-0.25, -0.2) is 0 Å². The maximum atomic E-state index is 12.0. The highest BCUT2D eigenvalue weighted by Gasteiger charge is 2.19. The average Bonchev–Trinajstić information content (AvgIpc) is 2.62. The van der Waals surface area contributed by atoms with E-state index in [2.05, 4.69) is 16.0 Å². The van der Waals surface area contributed by atoms with Gasteiger partial charge in [-0.05, 0) is 11.6 Å². The molecule has 0 aromatic heterocycles. The molecule has 1 heterocycles. The number of hydrogen-bond donors (Lipinski definition) is 3. The summed E-state index contributed by atoms with van der Waals surface area (Å²) in [5.74, 6) is -0.536. The van der Waals surface area contributed by atoms with Crippen molar-refractivity contribution in [2.45, 2.75) is 6.42 Å². The molecule has 2 aromatic rings. The third-order valence-electron chi connectivity index (χ3n) is 3.63. The Bertz CT molecular complexity index is 855. The molecule has 134 valence electrons. The third kappa shape index (κ3) is 4.52. The van der Waals surface area contributed by atoms with Crippen LogP contribution in [-0.2, 0) is 20.8 Å². The van der Waals surface area contributed by atoms with E-state index < -0.39 is 5.91 Å². The van der Waals surface area contributed by atoms with Gasteiger partial charge in [0.15, 0.2) is 6.61 Å². The topological polar surface area (TPSA) is 96.5 Å². The Morgan fingerprint density at radius 2 is 1.92 bits per heavy atom. The van der Waals surface area contributed by atoms with Crippen LogP contribution in [0.5, 0.6) is 5.75 Å². The lowest BCUT2D eigenvalue weighted by Crippen LogP contribution is -2.33. The van der Waals surface area contributed by atoms with Crippen molar-refractivity contribution in [1.82, 2.24) is 5.32 Å². The Hall–Kier alpha value is -3.06. The molecule has 0 bridgehead atoms. The van der Waals surface area contributed by atoms with Crippen LogP contribution in [0.25, 0.3) is 0 Å². The number of ether oxygens (including phenoxy) is 1. The van der Waals surface area contributed by atoms with E-state index in [9.17, 15) is 14.4 Å². The fraction of sp³-hybridized carbons (Fsp3) is 0.167. The molecule has 1 aliphatic heterocycles. The number of amides is 3. The fourth-order valence-corrected chi connectivity index (χ4v) is 2.62. The summed E-state index contributed by atoms with van der Waals surface area (Å²) in [5, 5.41) is 8.04. The number of carbonyl (C=O) groups excluding carboxylic acids is 3. The van der Waals surface area contributed by atoms with E-state index in [4.69, 9.17) is 16.3 Å². The minimum absolute atomic E-state index is 0.0996. The minimum atomic E-state index is -0.423. The molecule has 0 aliphatic carbocycles. The van der Waals surface area contributed by atoms with Gasteiger partial charge in [0, 0.05) is 6.07 Å². The number of benzene rings is 2. The minimum Gasteiger partial charge on any atom is -0.482 e. The van der Waals surface area contributed by atoms with Gasteiger partial charge in [-0.2, -0.15) is 0 Å². The summed E-state index contributed by atoms with van der Waals surface area (Å²) >= 11 is 6.11. The first-order chi connectivity index (χ1) is 12.5. The van der Waals surface area contributed by atoms with Crippen LogP contribution in [0.3, 0.4) is 0 Å². The molecular formula is C18H16ClN3O4. The van der Waals surface area contributed by atoms with Crippen LogP contribution < -0.4 is 20.7 Å². The van der Waals surface area contributed by atoms with Crippen molar-refractivity contribution in [1.29, 1.82) is 0 Å². The Morgan fingerprint density at radius 1 is 1.15 bits per heavy atom. The normalized spacial score (nSPS) is 12.4. The van der Waals surface area contributed by atoms with Gasteiger partial charge in [0.1, 0.15) is 5.75 Å². The molecule has 0 atom stereocenters. The molecule has 7 nitrogen and oxygen atoms in total. The molecule has 3 N–H and O–H groups in total. The summed E-state index contributed by atoms with van der Waals surface area (Å²) < 4.78 is 5.29. The van der Waals surface area contributed by atoms with Gasteiger partial charge in [0.2, 0.25) is 11.8 Å². The molecule has 0 saturated heterocycles. The maximum Gasteiger partial charge on any atom is 0.262 e. The first-order valence-electron chi connectivity index (χ1n) is 7.88. The van der Waals surface area contributed by atoms with Crippen LogP contribution in [0.1, 0.15) is 5.56 Å². The Morgan fingerprint density at radius 3 is 2.69 bits per heavy atom. The number of halogens is 1. The number of anilines is 2. The predicted molar refractivity (Wildman–Crippen MR) is 97.4 cm³/mol. The summed E-state index contributed by atoms with van der Waals surface area (Å²) in [5.41, 5.74) is 1.65. The van der Waals surface area contributed by atoms with E-state index in [1.165, 1.54) is 12.1 Å². The Balaban J connectivity index is 1.55. The average molecular weight is 374 g/mol. The zero-order chi connectivity index (χ0) is 18.5. The van der Waals surface area contributed by atoms with Gasteiger partial charge in [-0.15, -0.1) is 0 Å². The molecule has 0 radical (unpaired) electrons. The molecule has 0 spiro atoms. The summed E-state index contributed by atoms with van der Waals surface area (Å²) in [6.45, 7) is -0.283. The van der Waals surface area contributed by atoms with Gasteiger partial charge < -0.3 is 20.7 Å². The maximum absolute atomic E-state index is 12.0.